The highest BCUT2D eigenvalue weighted by Gasteiger charge is 2.59. The van der Waals surface area contributed by atoms with Crippen LogP contribution in [0.3, 0.4) is 0 Å². The summed E-state index contributed by atoms with van der Waals surface area (Å²) in [5.41, 5.74) is 2.54. The van der Waals surface area contributed by atoms with Crippen LogP contribution in [-0.2, 0) is 9.53 Å². The summed E-state index contributed by atoms with van der Waals surface area (Å²) in [5, 5.41) is 0. The summed E-state index contributed by atoms with van der Waals surface area (Å²) < 4.78 is 6.11. The van der Waals surface area contributed by atoms with Crippen molar-refractivity contribution in [1.29, 1.82) is 0 Å². The van der Waals surface area contributed by atoms with Crippen LogP contribution < -0.4 is 0 Å². The van der Waals surface area contributed by atoms with Gasteiger partial charge in [-0.15, -0.1) is 0 Å². The molecule has 248 valence electrons. The Kier molecular flexibility index (Phi) is 13.6. The minimum Gasteiger partial charge on any atom is -0.462 e. The number of fused-ring (bicyclic) bond motifs is 5. The number of esters is 1. The summed E-state index contributed by atoms with van der Waals surface area (Å²) in [5.74, 6) is 5.34. The van der Waals surface area contributed by atoms with Gasteiger partial charge in [-0.1, -0.05) is 137 Å². The summed E-state index contributed by atoms with van der Waals surface area (Å²) in [6.07, 6.45) is 32.5. The van der Waals surface area contributed by atoms with Gasteiger partial charge in [0.2, 0.25) is 0 Å². The van der Waals surface area contributed by atoms with Crippen molar-refractivity contribution >= 4 is 5.97 Å². The molecule has 4 rings (SSSR count). The standard InChI is InChI=1S/C41H72O2/c1-7-8-9-10-11-12-13-14-15-16-17-21-39(42)43-34-26-28-40(5)33(30-34)22-23-35-37-25-24-36(32(4)20-18-19-31(2)3)41(37,6)29-27-38(35)40/h22,31-32,34-38H,7-21,23-30H2,1-6H3/t32-,34-,35-,36+,37+,38-,40-,41+/m0/s1. The molecule has 4 aliphatic rings. The predicted molar refractivity (Wildman–Crippen MR) is 184 cm³/mol. The highest BCUT2D eigenvalue weighted by molar-refractivity contribution is 5.69. The number of hydrogen-bond acceptors (Lipinski definition) is 2. The molecule has 0 aromatic carbocycles. The summed E-state index contributed by atoms with van der Waals surface area (Å²) in [7, 11) is 0. The molecule has 2 heteroatoms. The van der Waals surface area contributed by atoms with Gasteiger partial charge in [0.15, 0.2) is 0 Å². The third-order valence-electron chi connectivity index (χ3n) is 13.5. The molecule has 0 saturated heterocycles. The third-order valence-corrected chi connectivity index (χ3v) is 13.5. The normalized spacial score (nSPS) is 34.3. The second-order valence-corrected chi connectivity index (χ2v) is 16.9. The molecule has 0 aromatic rings. The summed E-state index contributed by atoms with van der Waals surface area (Å²) in [4.78, 5) is 12.7. The van der Waals surface area contributed by atoms with E-state index in [1.807, 2.05) is 0 Å². The van der Waals surface area contributed by atoms with Crippen LogP contribution in [0.5, 0.6) is 0 Å². The average molecular weight is 597 g/mol. The van der Waals surface area contributed by atoms with E-state index in [9.17, 15) is 4.79 Å². The number of rotatable bonds is 18. The van der Waals surface area contributed by atoms with Crippen LogP contribution in [0, 0.1) is 46.3 Å². The largest absolute Gasteiger partial charge is 0.462 e. The molecule has 3 saturated carbocycles. The monoisotopic (exact) mass is 597 g/mol. The first-order valence-corrected chi connectivity index (χ1v) is 19.6. The number of carbonyl (C=O) groups excluding carboxylic acids is 1. The van der Waals surface area contributed by atoms with Crippen LogP contribution in [0.1, 0.15) is 189 Å². The minimum absolute atomic E-state index is 0.0618. The van der Waals surface area contributed by atoms with Gasteiger partial charge in [-0.2, -0.15) is 0 Å². The van der Waals surface area contributed by atoms with Crippen LogP contribution in [0.25, 0.3) is 0 Å². The molecule has 4 aliphatic carbocycles. The lowest BCUT2D eigenvalue weighted by Gasteiger charge is -2.58. The second kappa shape index (κ2) is 16.7. The number of allylic oxidation sites excluding steroid dienone is 1. The van der Waals surface area contributed by atoms with Gasteiger partial charge in [0, 0.05) is 12.8 Å². The molecule has 0 bridgehead atoms. The molecule has 0 N–H and O–H groups in total. The van der Waals surface area contributed by atoms with Crippen LogP contribution >= 0.6 is 0 Å². The fraction of sp³-hybridized carbons (Fsp3) is 0.927. The SMILES string of the molecule is CCCCCCCCCCCCCC(=O)O[C@H]1CC[C@@]2(C)C(=CC[C@H]3[C@H]4CC[C@H]([C@@H](C)CCCC(C)C)[C@@]4(C)CC[C@@H]32)C1. The van der Waals surface area contributed by atoms with E-state index >= 15 is 0 Å². The number of hydrogen-bond donors (Lipinski definition) is 0. The predicted octanol–water partition coefficient (Wildman–Crippen LogP) is 12.6. The van der Waals surface area contributed by atoms with E-state index in [1.165, 1.54) is 122 Å². The molecule has 3 fully saturated rings. The summed E-state index contributed by atoms with van der Waals surface area (Å²) in [6.45, 7) is 14.9. The molecule has 0 spiro atoms. The Balaban J connectivity index is 1.19. The highest BCUT2D eigenvalue weighted by Crippen LogP contribution is 2.67. The van der Waals surface area contributed by atoms with Crippen molar-refractivity contribution in [3.8, 4) is 0 Å². The quantitative estimate of drug-likeness (QED) is 0.0893. The Bertz CT molecular complexity index is 873. The van der Waals surface area contributed by atoms with Crippen molar-refractivity contribution in [2.24, 2.45) is 46.3 Å². The first kappa shape index (κ1) is 35.1. The smallest absolute Gasteiger partial charge is 0.306 e. The van der Waals surface area contributed by atoms with E-state index in [0.717, 1.165) is 54.8 Å². The van der Waals surface area contributed by atoms with Gasteiger partial charge < -0.3 is 4.74 Å². The maximum Gasteiger partial charge on any atom is 0.306 e. The lowest BCUT2D eigenvalue weighted by atomic mass is 9.47. The van der Waals surface area contributed by atoms with Gasteiger partial charge in [0.1, 0.15) is 6.10 Å². The fourth-order valence-electron chi connectivity index (χ4n) is 10.9. The molecule has 0 aromatic heterocycles. The maximum atomic E-state index is 12.7. The first-order chi connectivity index (χ1) is 20.7. The van der Waals surface area contributed by atoms with Gasteiger partial charge in [0.25, 0.3) is 0 Å². The van der Waals surface area contributed by atoms with Crippen molar-refractivity contribution in [1.82, 2.24) is 0 Å². The van der Waals surface area contributed by atoms with Crippen molar-refractivity contribution < 1.29 is 9.53 Å². The van der Waals surface area contributed by atoms with E-state index in [-0.39, 0.29) is 12.1 Å². The van der Waals surface area contributed by atoms with Crippen molar-refractivity contribution in [3.05, 3.63) is 11.6 Å². The van der Waals surface area contributed by atoms with E-state index in [1.54, 1.807) is 5.57 Å². The molecule has 2 nitrogen and oxygen atoms in total. The van der Waals surface area contributed by atoms with E-state index in [4.69, 9.17) is 4.74 Å². The lowest BCUT2D eigenvalue weighted by Crippen LogP contribution is -2.51. The van der Waals surface area contributed by atoms with Crippen LogP contribution in [0.4, 0.5) is 0 Å². The first-order valence-electron chi connectivity index (χ1n) is 19.6. The Labute approximate surface area is 268 Å². The average Bonchev–Trinajstić information content (AvgIpc) is 3.33. The molecule has 8 atom stereocenters. The van der Waals surface area contributed by atoms with Crippen molar-refractivity contribution in [2.75, 3.05) is 0 Å². The Morgan fingerprint density at radius 1 is 0.814 bits per heavy atom. The summed E-state index contributed by atoms with van der Waals surface area (Å²) >= 11 is 0. The fourth-order valence-corrected chi connectivity index (χ4v) is 10.9. The van der Waals surface area contributed by atoms with Crippen molar-refractivity contribution in [2.45, 2.75) is 195 Å². The van der Waals surface area contributed by atoms with Gasteiger partial charge >= 0.3 is 5.97 Å². The number of carbonyl (C=O) groups is 1. The molecule has 43 heavy (non-hydrogen) atoms. The molecule has 0 heterocycles. The maximum absolute atomic E-state index is 12.7. The zero-order chi connectivity index (χ0) is 30.9. The van der Waals surface area contributed by atoms with Crippen molar-refractivity contribution in [3.63, 3.8) is 0 Å². The Morgan fingerprint density at radius 3 is 2.16 bits per heavy atom. The van der Waals surface area contributed by atoms with Gasteiger partial charge in [-0.05, 0) is 97.7 Å². The van der Waals surface area contributed by atoms with Crippen LogP contribution in [0.2, 0.25) is 0 Å². The molecule has 0 unspecified atom stereocenters. The summed E-state index contributed by atoms with van der Waals surface area (Å²) in [6, 6.07) is 0. The third kappa shape index (κ3) is 8.93. The second-order valence-electron chi connectivity index (χ2n) is 16.9. The molecular formula is C41H72O2. The number of ether oxygens (including phenoxy) is 1. The molecule has 0 radical (unpaired) electrons. The zero-order valence-electron chi connectivity index (χ0n) is 29.7. The number of unbranched alkanes of at least 4 members (excludes halogenated alkanes) is 10. The van der Waals surface area contributed by atoms with E-state index in [2.05, 4.69) is 47.6 Å². The van der Waals surface area contributed by atoms with E-state index in [0.29, 0.717) is 17.3 Å². The molecular weight excluding hydrogens is 524 g/mol. The molecule has 0 amide bonds. The molecule has 0 aliphatic heterocycles. The lowest BCUT2D eigenvalue weighted by molar-refractivity contribution is -0.151. The minimum atomic E-state index is 0.0618. The van der Waals surface area contributed by atoms with Gasteiger partial charge in [0.05, 0.1) is 0 Å². The Hall–Kier alpha value is -0.790. The van der Waals surface area contributed by atoms with Gasteiger partial charge in [-0.25, -0.2) is 0 Å². The van der Waals surface area contributed by atoms with Crippen LogP contribution in [-0.4, -0.2) is 12.1 Å². The van der Waals surface area contributed by atoms with Gasteiger partial charge in [-0.3, -0.25) is 4.79 Å². The topological polar surface area (TPSA) is 26.3 Å². The highest BCUT2D eigenvalue weighted by atomic mass is 16.5. The van der Waals surface area contributed by atoms with Crippen LogP contribution in [0.15, 0.2) is 11.6 Å². The zero-order valence-corrected chi connectivity index (χ0v) is 29.7. The van der Waals surface area contributed by atoms with E-state index < -0.39 is 0 Å². The Morgan fingerprint density at radius 2 is 1.49 bits per heavy atom.